The summed E-state index contributed by atoms with van der Waals surface area (Å²) >= 11 is 3.66. The van der Waals surface area contributed by atoms with Crippen LogP contribution in [0.2, 0.25) is 0 Å². The van der Waals surface area contributed by atoms with Crippen LogP contribution in [0.4, 0.5) is 0 Å². The van der Waals surface area contributed by atoms with Crippen LogP contribution in [-0.2, 0) is 25.8 Å². The predicted molar refractivity (Wildman–Crippen MR) is 122 cm³/mol. The summed E-state index contributed by atoms with van der Waals surface area (Å²) in [5.74, 6) is 0.851. The van der Waals surface area contributed by atoms with Gasteiger partial charge < -0.3 is 10.6 Å². The van der Waals surface area contributed by atoms with Crippen LogP contribution in [0.25, 0.3) is 0 Å². The SMILES string of the molecule is CN=C(NCCCc1nc2c(s1)CCCC2)NCc1sc(C)nc1C.I. The first-order chi connectivity index (χ1) is 12.2. The Morgan fingerprint density at radius 1 is 1.12 bits per heavy atom. The van der Waals surface area contributed by atoms with Crippen molar-refractivity contribution in [2.75, 3.05) is 13.6 Å². The predicted octanol–water partition coefficient (Wildman–Crippen LogP) is 4.01. The van der Waals surface area contributed by atoms with Crippen molar-refractivity contribution >= 4 is 52.6 Å². The molecule has 0 saturated heterocycles. The second-order valence-corrected chi connectivity index (χ2v) is 8.84. The Hall–Kier alpha value is -0.740. The molecule has 0 radical (unpaired) electrons. The van der Waals surface area contributed by atoms with E-state index in [1.54, 1.807) is 11.3 Å². The van der Waals surface area contributed by atoms with Gasteiger partial charge in [0.15, 0.2) is 5.96 Å². The third-order valence-electron chi connectivity index (χ3n) is 4.39. The highest BCUT2D eigenvalue weighted by Crippen LogP contribution is 2.27. The molecular weight excluding hydrogens is 477 g/mol. The minimum absolute atomic E-state index is 0. The Morgan fingerprint density at radius 3 is 2.62 bits per heavy atom. The van der Waals surface area contributed by atoms with Gasteiger partial charge >= 0.3 is 0 Å². The standard InChI is InChI=1S/C18H27N5S2.HI/c1-12-16(24-13(2)22-12)11-21-18(19-3)20-10-6-9-17-23-14-7-4-5-8-15(14)25-17;/h4-11H2,1-3H3,(H2,19,20,21);1H. The smallest absolute Gasteiger partial charge is 0.191 e. The van der Waals surface area contributed by atoms with E-state index >= 15 is 0 Å². The number of aliphatic imine (C=N–C) groups is 1. The number of hydrogen-bond acceptors (Lipinski definition) is 5. The summed E-state index contributed by atoms with van der Waals surface area (Å²) < 4.78 is 0. The molecule has 0 saturated carbocycles. The van der Waals surface area contributed by atoms with E-state index in [4.69, 9.17) is 4.98 Å². The van der Waals surface area contributed by atoms with Crippen molar-refractivity contribution in [3.8, 4) is 0 Å². The number of halogens is 1. The van der Waals surface area contributed by atoms with Crippen molar-refractivity contribution in [2.24, 2.45) is 4.99 Å². The van der Waals surface area contributed by atoms with Crippen LogP contribution in [0.5, 0.6) is 0 Å². The molecule has 26 heavy (non-hydrogen) atoms. The summed E-state index contributed by atoms with van der Waals surface area (Å²) in [5, 5.41) is 9.19. The Labute approximate surface area is 181 Å². The summed E-state index contributed by atoms with van der Waals surface area (Å²) in [6, 6.07) is 0. The van der Waals surface area contributed by atoms with Crippen molar-refractivity contribution in [3.05, 3.63) is 31.2 Å². The monoisotopic (exact) mass is 505 g/mol. The number of aryl methyl sites for hydroxylation is 5. The normalized spacial score (nSPS) is 13.9. The lowest BCUT2D eigenvalue weighted by Crippen LogP contribution is -2.37. The van der Waals surface area contributed by atoms with E-state index in [0.29, 0.717) is 0 Å². The zero-order valence-corrected chi connectivity index (χ0v) is 19.7. The van der Waals surface area contributed by atoms with Crippen LogP contribution in [-0.4, -0.2) is 29.5 Å². The molecule has 8 heteroatoms. The maximum atomic E-state index is 4.81. The average Bonchev–Trinajstić information content (AvgIpc) is 3.16. The molecule has 2 N–H and O–H groups in total. The maximum Gasteiger partial charge on any atom is 0.191 e. The Balaban J connectivity index is 0.00000243. The van der Waals surface area contributed by atoms with E-state index in [1.165, 1.54) is 46.1 Å². The fourth-order valence-electron chi connectivity index (χ4n) is 3.08. The zero-order valence-electron chi connectivity index (χ0n) is 15.7. The van der Waals surface area contributed by atoms with Gasteiger partial charge in [0.2, 0.25) is 0 Å². The third-order valence-corrected chi connectivity index (χ3v) is 6.68. The molecule has 0 aliphatic heterocycles. The highest BCUT2D eigenvalue weighted by molar-refractivity contribution is 14.0. The number of aromatic nitrogens is 2. The number of nitrogens with one attached hydrogen (secondary N) is 2. The molecule has 144 valence electrons. The molecule has 1 aliphatic rings. The summed E-state index contributed by atoms with van der Waals surface area (Å²) in [4.78, 5) is 16.4. The van der Waals surface area contributed by atoms with Crippen LogP contribution in [0.15, 0.2) is 4.99 Å². The van der Waals surface area contributed by atoms with E-state index < -0.39 is 0 Å². The molecule has 2 aromatic heterocycles. The molecule has 0 bridgehead atoms. The quantitative estimate of drug-likeness (QED) is 0.270. The van der Waals surface area contributed by atoms with Crippen molar-refractivity contribution < 1.29 is 0 Å². The van der Waals surface area contributed by atoms with Gasteiger partial charge in [-0.3, -0.25) is 4.99 Å². The summed E-state index contributed by atoms with van der Waals surface area (Å²) in [7, 11) is 1.81. The van der Waals surface area contributed by atoms with E-state index in [9.17, 15) is 0 Å². The van der Waals surface area contributed by atoms with Gasteiger partial charge in [0.1, 0.15) is 0 Å². The maximum absolute atomic E-state index is 4.81. The van der Waals surface area contributed by atoms with E-state index in [0.717, 1.165) is 42.6 Å². The summed E-state index contributed by atoms with van der Waals surface area (Å²) in [6.45, 7) is 5.79. The first-order valence-corrected chi connectivity index (χ1v) is 10.6. The molecule has 1 aliphatic carbocycles. The molecule has 0 aromatic carbocycles. The Morgan fingerprint density at radius 2 is 1.92 bits per heavy atom. The number of guanidine groups is 1. The van der Waals surface area contributed by atoms with Crippen LogP contribution < -0.4 is 10.6 Å². The molecule has 0 atom stereocenters. The molecular formula is C18H28IN5S2. The van der Waals surface area contributed by atoms with Gasteiger partial charge in [0, 0.05) is 29.8 Å². The lowest BCUT2D eigenvalue weighted by molar-refractivity contribution is 0.678. The van der Waals surface area contributed by atoms with Gasteiger partial charge in [0.05, 0.1) is 27.9 Å². The summed E-state index contributed by atoms with van der Waals surface area (Å²) in [5.41, 5.74) is 2.48. The average molecular weight is 505 g/mol. The molecule has 0 spiro atoms. The third kappa shape index (κ3) is 5.88. The van der Waals surface area contributed by atoms with E-state index in [1.807, 2.05) is 25.3 Å². The lowest BCUT2D eigenvalue weighted by Gasteiger charge is -2.11. The zero-order chi connectivity index (χ0) is 17.6. The van der Waals surface area contributed by atoms with Crippen molar-refractivity contribution in [2.45, 2.75) is 58.9 Å². The Bertz CT molecular complexity index is 715. The molecule has 0 fully saturated rings. The van der Waals surface area contributed by atoms with Gasteiger partial charge in [-0.25, -0.2) is 9.97 Å². The van der Waals surface area contributed by atoms with Crippen molar-refractivity contribution in [1.82, 2.24) is 20.6 Å². The first-order valence-electron chi connectivity index (χ1n) is 9.00. The van der Waals surface area contributed by atoms with Gasteiger partial charge in [-0.15, -0.1) is 46.7 Å². The van der Waals surface area contributed by atoms with Crippen LogP contribution in [0.1, 0.15) is 50.4 Å². The fourth-order valence-corrected chi connectivity index (χ4v) is 5.16. The fraction of sp³-hybridized carbons (Fsp3) is 0.611. The second kappa shape index (κ2) is 10.6. The lowest BCUT2D eigenvalue weighted by atomic mass is 10.0. The molecule has 5 nitrogen and oxygen atoms in total. The van der Waals surface area contributed by atoms with Gasteiger partial charge in [-0.2, -0.15) is 0 Å². The van der Waals surface area contributed by atoms with Gasteiger partial charge in [-0.1, -0.05) is 0 Å². The first kappa shape index (κ1) is 21.6. The number of fused-ring (bicyclic) bond motifs is 1. The van der Waals surface area contributed by atoms with Crippen LogP contribution >= 0.6 is 46.7 Å². The highest BCUT2D eigenvalue weighted by atomic mass is 127. The minimum atomic E-state index is 0. The second-order valence-electron chi connectivity index (χ2n) is 6.38. The van der Waals surface area contributed by atoms with E-state index in [-0.39, 0.29) is 24.0 Å². The number of hydrogen-bond donors (Lipinski definition) is 2. The minimum Gasteiger partial charge on any atom is -0.356 e. The molecule has 0 unspecified atom stereocenters. The van der Waals surface area contributed by atoms with Crippen LogP contribution in [0, 0.1) is 13.8 Å². The Kier molecular flexibility index (Phi) is 8.75. The van der Waals surface area contributed by atoms with Crippen molar-refractivity contribution in [3.63, 3.8) is 0 Å². The largest absolute Gasteiger partial charge is 0.356 e. The number of thiazole rings is 2. The molecule has 3 rings (SSSR count). The van der Waals surface area contributed by atoms with E-state index in [2.05, 4.69) is 27.5 Å². The number of rotatable bonds is 6. The highest BCUT2D eigenvalue weighted by Gasteiger charge is 2.14. The topological polar surface area (TPSA) is 62.2 Å². The van der Waals surface area contributed by atoms with Crippen LogP contribution in [0.3, 0.4) is 0 Å². The van der Waals surface area contributed by atoms with Gasteiger partial charge in [0.25, 0.3) is 0 Å². The summed E-state index contributed by atoms with van der Waals surface area (Å²) in [6.07, 6.45) is 7.17. The number of nitrogens with zero attached hydrogens (tertiary/aromatic N) is 3. The van der Waals surface area contributed by atoms with Crippen molar-refractivity contribution in [1.29, 1.82) is 0 Å². The molecule has 2 heterocycles. The molecule has 2 aromatic rings. The molecule has 0 amide bonds. The van der Waals surface area contributed by atoms with Gasteiger partial charge in [-0.05, 0) is 46.0 Å².